The van der Waals surface area contributed by atoms with Crippen LogP contribution in [0.15, 0.2) is 30.3 Å². The highest BCUT2D eigenvalue weighted by Gasteiger charge is 2.27. The topological polar surface area (TPSA) is 67.4 Å². The summed E-state index contributed by atoms with van der Waals surface area (Å²) in [6.45, 7) is 4.21. The molecule has 2 aromatic rings. The lowest BCUT2D eigenvalue weighted by atomic mass is 10.0. The van der Waals surface area contributed by atoms with Gasteiger partial charge >= 0.3 is 0 Å². The van der Waals surface area contributed by atoms with Gasteiger partial charge in [0.2, 0.25) is 5.91 Å². The van der Waals surface area contributed by atoms with Crippen molar-refractivity contribution in [3.63, 3.8) is 0 Å². The van der Waals surface area contributed by atoms with E-state index in [0.717, 1.165) is 31.6 Å². The summed E-state index contributed by atoms with van der Waals surface area (Å²) in [4.78, 5) is 16.6. The largest absolute Gasteiger partial charge is 0.384 e. The van der Waals surface area contributed by atoms with Crippen LogP contribution in [0.25, 0.3) is 0 Å². The van der Waals surface area contributed by atoms with E-state index in [1.54, 1.807) is 17.0 Å². The Bertz CT molecular complexity index is 775. The van der Waals surface area contributed by atoms with E-state index in [1.165, 1.54) is 10.7 Å². The highest BCUT2D eigenvalue weighted by atomic mass is 19.1. The van der Waals surface area contributed by atoms with Gasteiger partial charge in [-0.25, -0.2) is 9.07 Å². The third kappa shape index (κ3) is 4.22. The van der Waals surface area contributed by atoms with Crippen LogP contribution in [0.5, 0.6) is 0 Å². The summed E-state index contributed by atoms with van der Waals surface area (Å²) >= 11 is 0. The molecule has 3 rings (SSSR count). The Morgan fingerprint density at radius 3 is 2.88 bits per heavy atom. The lowest BCUT2D eigenvalue weighted by molar-refractivity contribution is -0.133. The molecule has 0 saturated carbocycles. The number of aryl methyl sites for hydroxylation is 1. The molecule has 1 amide bonds. The number of benzene rings is 1. The van der Waals surface area contributed by atoms with Gasteiger partial charge in [-0.2, -0.15) is 5.10 Å². The molecular weight excluding hydrogens is 333 g/mol. The molecular formula is C19H26FN5O. The Balaban J connectivity index is 1.60. The van der Waals surface area contributed by atoms with E-state index in [-0.39, 0.29) is 24.3 Å². The van der Waals surface area contributed by atoms with Crippen LogP contribution in [0.1, 0.15) is 24.1 Å². The molecule has 1 aromatic carbocycles. The lowest BCUT2D eigenvalue weighted by Gasteiger charge is -2.37. The molecule has 1 aliphatic rings. The molecule has 2 heterocycles. The quantitative estimate of drug-likeness (QED) is 0.887. The number of anilines is 1. The van der Waals surface area contributed by atoms with E-state index in [4.69, 9.17) is 5.73 Å². The molecule has 140 valence electrons. The van der Waals surface area contributed by atoms with Crippen LogP contribution in [0.3, 0.4) is 0 Å². The number of nitrogens with zero attached hydrogens (tertiary/aromatic N) is 4. The number of nitrogen functional groups attached to an aromatic ring is 1. The molecule has 6 nitrogen and oxygen atoms in total. The minimum atomic E-state index is -0.177. The summed E-state index contributed by atoms with van der Waals surface area (Å²) in [5.74, 6) is 0.301. The van der Waals surface area contributed by atoms with E-state index in [9.17, 15) is 9.18 Å². The average Bonchev–Trinajstić information content (AvgIpc) is 2.93. The summed E-state index contributed by atoms with van der Waals surface area (Å²) in [7, 11) is 1.83. The summed E-state index contributed by atoms with van der Waals surface area (Å²) in [5.41, 5.74) is 7.37. The fraction of sp³-hybridized carbons (Fsp3) is 0.474. The van der Waals surface area contributed by atoms with Crippen LogP contribution in [0, 0.1) is 12.7 Å². The van der Waals surface area contributed by atoms with Gasteiger partial charge < -0.3 is 10.6 Å². The first-order chi connectivity index (χ1) is 12.4. The van der Waals surface area contributed by atoms with Crippen molar-refractivity contribution >= 4 is 11.7 Å². The van der Waals surface area contributed by atoms with Gasteiger partial charge in [-0.1, -0.05) is 18.2 Å². The van der Waals surface area contributed by atoms with E-state index in [2.05, 4.69) is 10.00 Å². The van der Waals surface area contributed by atoms with Crippen molar-refractivity contribution in [2.75, 3.05) is 25.9 Å². The monoisotopic (exact) mass is 359 g/mol. The number of carbonyl (C=O) groups is 1. The zero-order chi connectivity index (χ0) is 18.7. The highest BCUT2D eigenvalue weighted by molar-refractivity contribution is 5.76. The van der Waals surface area contributed by atoms with Gasteiger partial charge in [-0.15, -0.1) is 0 Å². The molecule has 1 fully saturated rings. The first-order valence-electron chi connectivity index (χ1n) is 8.95. The second-order valence-corrected chi connectivity index (χ2v) is 7.00. The molecule has 1 unspecified atom stereocenters. The Morgan fingerprint density at radius 1 is 1.42 bits per heavy atom. The number of aromatic nitrogens is 2. The van der Waals surface area contributed by atoms with E-state index < -0.39 is 0 Å². The number of rotatable bonds is 5. The Morgan fingerprint density at radius 2 is 2.19 bits per heavy atom. The van der Waals surface area contributed by atoms with Gasteiger partial charge in [0, 0.05) is 37.8 Å². The number of amides is 1. The van der Waals surface area contributed by atoms with Crippen LogP contribution in [-0.4, -0.2) is 51.7 Å². The minimum absolute atomic E-state index is 0.0162. The third-order valence-electron chi connectivity index (χ3n) is 4.99. The predicted molar refractivity (Wildman–Crippen MR) is 98.8 cm³/mol. The van der Waals surface area contributed by atoms with Crippen molar-refractivity contribution in [3.8, 4) is 0 Å². The van der Waals surface area contributed by atoms with Crippen molar-refractivity contribution < 1.29 is 9.18 Å². The number of likely N-dealkylation sites (tertiary alicyclic amines) is 1. The summed E-state index contributed by atoms with van der Waals surface area (Å²) < 4.78 is 15.4. The van der Waals surface area contributed by atoms with Crippen LogP contribution >= 0.6 is 0 Å². The molecule has 26 heavy (non-hydrogen) atoms. The highest BCUT2D eigenvalue weighted by Crippen LogP contribution is 2.19. The van der Waals surface area contributed by atoms with Gasteiger partial charge in [-0.3, -0.25) is 9.69 Å². The fourth-order valence-electron chi connectivity index (χ4n) is 3.49. The zero-order valence-electron chi connectivity index (χ0n) is 15.4. The number of hydrogen-bond donors (Lipinski definition) is 1. The standard InChI is InChI=1S/C19H26FN5O/c1-14-10-18(21)25(22-14)13-19(26)23(2)16-7-5-9-24(12-16)11-15-6-3-4-8-17(15)20/h3-4,6,8,10,16H,5,7,9,11-13,21H2,1-2H3. The maximum atomic E-state index is 13.9. The average molecular weight is 359 g/mol. The molecule has 2 N–H and O–H groups in total. The van der Waals surface area contributed by atoms with Gasteiger partial charge in [0.05, 0.1) is 5.69 Å². The van der Waals surface area contributed by atoms with Crippen LogP contribution in [0.2, 0.25) is 0 Å². The maximum absolute atomic E-state index is 13.9. The van der Waals surface area contributed by atoms with Crippen molar-refractivity contribution in [1.29, 1.82) is 0 Å². The smallest absolute Gasteiger partial charge is 0.244 e. The third-order valence-corrected chi connectivity index (χ3v) is 4.99. The molecule has 0 aliphatic carbocycles. The molecule has 0 bridgehead atoms. The number of carbonyl (C=O) groups excluding carboxylic acids is 1. The number of nitrogens with two attached hydrogens (primary N) is 1. The normalized spacial score (nSPS) is 18.0. The van der Waals surface area contributed by atoms with Gasteiger partial charge in [0.25, 0.3) is 0 Å². The van der Waals surface area contributed by atoms with Crippen molar-refractivity contribution in [2.24, 2.45) is 0 Å². The van der Waals surface area contributed by atoms with E-state index in [0.29, 0.717) is 17.9 Å². The number of halogens is 1. The Kier molecular flexibility index (Phi) is 5.56. The number of likely N-dealkylation sites (N-methyl/N-ethyl adjacent to an activating group) is 1. The van der Waals surface area contributed by atoms with E-state index in [1.807, 2.05) is 26.1 Å². The molecule has 1 saturated heterocycles. The van der Waals surface area contributed by atoms with Crippen molar-refractivity contribution in [3.05, 3.63) is 47.4 Å². The van der Waals surface area contributed by atoms with Crippen molar-refractivity contribution in [1.82, 2.24) is 19.6 Å². The molecule has 1 aliphatic heterocycles. The van der Waals surface area contributed by atoms with E-state index >= 15 is 0 Å². The molecule has 0 spiro atoms. The van der Waals surface area contributed by atoms with Crippen molar-refractivity contribution in [2.45, 2.75) is 38.9 Å². The first-order valence-corrected chi connectivity index (χ1v) is 8.95. The number of piperidine rings is 1. The maximum Gasteiger partial charge on any atom is 0.244 e. The Labute approximate surface area is 153 Å². The molecule has 0 radical (unpaired) electrons. The molecule has 1 atom stereocenters. The van der Waals surface area contributed by atoms with Crippen LogP contribution in [0.4, 0.5) is 10.2 Å². The summed E-state index contributed by atoms with van der Waals surface area (Å²) in [6.07, 6.45) is 1.93. The fourth-order valence-corrected chi connectivity index (χ4v) is 3.49. The van der Waals surface area contributed by atoms with Gasteiger partial charge in [0.15, 0.2) is 0 Å². The second kappa shape index (κ2) is 7.86. The van der Waals surface area contributed by atoms with Gasteiger partial charge in [0.1, 0.15) is 18.2 Å². The molecule has 7 heteroatoms. The molecule has 1 aromatic heterocycles. The van der Waals surface area contributed by atoms with Crippen LogP contribution < -0.4 is 5.73 Å². The summed E-state index contributed by atoms with van der Waals surface area (Å²) in [5, 5.41) is 4.25. The first kappa shape index (κ1) is 18.4. The SMILES string of the molecule is Cc1cc(N)n(CC(=O)N(C)C2CCCN(Cc3ccccc3F)C2)n1. The summed E-state index contributed by atoms with van der Waals surface area (Å²) in [6, 6.07) is 8.73. The number of hydrogen-bond acceptors (Lipinski definition) is 4. The lowest BCUT2D eigenvalue weighted by Crippen LogP contribution is -2.49. The zero-order valence-corrected chi connectivity index (χ0v) is 15.4. The predicted octanol–water partition coefficient (Wildman–Crippen LogP) is 2.04. The second-order valence-electron chi connectivity index (χ2n) is 7.00. The van der Waals surface area contributed by atoms with Crippen LogP contribution in [-0.2, 0) is 17.9 Å². The van der Waals surface area contributed by atoms with Gasteiger partial charge in [-0.05, 0) is 32.4 Å². The minimum Gasteiger partial charge on any atom is -0.384 e. The Hall–Kier alpha value is -2.41.